The van der Waals surface area contributed by atoms with Crippen LogP contribution in [0.1, 0.15) is 16.8 Å². The smallest absolute Gasteiger partial charge is 0.339 e. The first kappa shape index (κ1) is 17.2. The maximum absolute atomic E-state index is 12.6. The number of nitrogens with one attached hydrogen (secondary N) is 1. The second-order valence-electron chi connectivity index (χ2n) is 5.21. The molecule has 1 aromatic carbocycles. The van der Waals surface area contributed by atoms with E-state index in [0.717, 1.165) is 13.0 Å². The Morgan fingerprint density at radius 2 is 2.23 bits per heavy atom. The van der Waals surface area contributed by atoms with E-state index < -0.39 is 16.0 Å². The Kier molecular flexibility index (Phi) is 5.44. The normalized spacial score (nSPS) is 19.3. The van der Waals surface area contributed by atoms with Crippen LogP contribution in [-0.2, 0) is 14.8 Å². The minimum Gasteiger partial charge on any atom is -0.465 e. The van der Waals surface area contributed by atoms with Gasteiger partial charge in [-0.25, -0.2) is 13.2 Å². The number of nitrogens with zero attached hydrogens (tertiary/aromatic N) is 1. The van der Waals surface area contributed by atoms with Gasteiger partial charge < -0.3 is 10.1 Å². The van der Waals surface area contributed by atoms with Crippen molar-refractivity contribution in [2.45, 2.75) is 11.3 Å². The molecule has 0 spiro atoms. The lowest BCUT2D eigenvalue weighted by molar-refractivity contribution is 0.0601. The van der Waals surface area contributed by atoms with Crippen molar-refractivity contribution in [3.8, 4) is 0 Å². The summed E-state index contributed by atoms with van der Waals surface area (Å²) in [5.74, 6) is -0.284. The summed E-state index contributed by atoms with van der Waals surface area (Å²) in [4.78, 5) is 11.6. The van der Waals surface area contributed by atoms with Gasteiger partial charge in [-0.3, -0.25) is 0 Å². The summed E-state index contributed by atoms with van der Waals surface area (Å²) in [5, 5.41) is 3.13. The highest BCUT2D eigenvalue weighted by Gasteiger charge is 2.32. The van der Waals surface area contributed by atoms with E-state index in [2.05, 4.69) is 10.1 Å². The van der Waals surface area contributed by atoms with Crippen LogP contribution in [0, 0.1) is 5.92 Å². The molecule has 2 rings (SSSR count). The van der Waals surface area contributed by atoms with Gasteiger partial charge in [0.2, 0.25) is 10.0 Å². The van der Waals surface area contributed by atoms with Gasteiger partial charge in [-0.1, -0.05) is 11.6 Å². The minimum atomic E-state index is -3.59. The third kappa shape index (κ3) is 3.43. The lowest BCUT2D eigenvalue weighted by Gasteiger charge is -2.17. The average Bonchev–Trinajstić information content (AvgIpc) is 2.96. The molecule has 1 aliphatic heterocycles. The molecule has 1 atom stereocenters. The number of carbonyl (C=O) groups is 1. The third-order valence-electron chi connectivity index (χ3n) is 3.73. The average molecular weight is 347 g/mol. The van der Waals surface area contributed by atoms with Crippen LogP contribution in [0.15, 0.2) is 23.1 Å². The van der Waals surface area contributed by atoms with Gasteiger partial charge >= 0.3 is 5.97 Å². The molecular weight excluding hydrogens is 328 g/mol. The molecule has 6 nitrogen and oxygen atoms in total. The summed E-state index contributed by atoms with van der Waals surface area (Å²) in [7, 11) is -0.497. The van der Waals surface area contributed by atoms with Crippen LogP contribution in [0.2, 0.25) is 5.02 Å². The Balaban J connectivity index is 2.24. The molecule has 0 radical (unpaired) electrons. The predicted octanol–water partition coefficient (Wildman–Crippen LogP) is 1.36. The number of sulfonamides is 1. The molecule has 0 bridgehead atoms. The third-order valence-corrected chi connectivity index (χ3v) is 5.90. The van der Waals surface area contributed by atoms with Crippen LogP contribution in [0.4, 0.5) is 0 Å². The second kappa shape index (κ2) is 6.95. The first-order valence-corrected chi connectivity index (χ1v) is 8.74. The molecule has 1 N–H and O–H groups in total. The molecule has 1 aromatic rings. The molecule has 1 unspecified atom stereocenters. The molecule has 0 aromatic heterocycles. The molecule has 0 amide bonds. The molecule has 22 heavy (non-hydrogen) atoms. The number of ether oxygens (including phenoxy) is 1. The first-order valence-electron chi connectivity index (χ1n) is 6.92. The van der Waals surface area contributed by atoms with Crippen LogP contribution >= 0.6 is 11.6 Å². The zero-order chi connectivity index (χ0) is 16.3. The van der Waals surface area contributed by atoms with E-state index in [1.54, 1.807) is 0 Å². The van der Waals surface area contributed by atoms with Crippen molar-refractivity contribution in [3.05, 3.63) is 28.8 Å². The molecule has 1 heterocycles. The van der Waals surface area contributed by atoms with Gasteiger partial charge in [0.25, 0.3) is 0 Å². The van der Waals surface area contributed by atoms with Crippen LogP contribution in [0.3, 0.4) is 0 Å². The SMILES string of the molecule is CNCC1CCN(S(=O)(=O)c2ccc(C(=O)OC)c(Cl)c2)C1. The fourth-order valence-electron chi connectivity index (χ4n) is 2.55. The van der Waals surface area contributed by atoms with E-state index in [1.165, 1.54) is 29.6 Å². The maximum atomic E-state index is 12.6. The van der Waals surface area contributed by atoms with Crippen molar-refractivity contribution in [1.29, 1.82) is 0 Å². The highest BCUT2D eigenvalue weighted by atomic mass is 35.5. The van der Waals surface area contributed by atoms with E-state index in [9.17, 15) is 13.2 Å². The largest absolute Gasteiger partial charge is 0.465 e. The van der Waals surface area contributed by atoms with Crippen molar-refractivity contribution in [3.63, 3.8) is 0 Å². The molecule has 122 valence electrons. The van der Waals surface area contributed by atoms with Crippen LogP contribution in [-0.4, -0.2) is 52.5 Å². The number of halogens is 1. The Bertz CT molecular complexity index is 663. The van der Waals surface area contributed by atoms with Crippen molar-refractivity contribution >= 4 is 27.6 Å². The number of hydrogen-bond acceptors (Lipinski definition) is 5. The quantitative estimate of drug-likeness (QED) is 0.815. The molecular formula is C14H19ClN2O4S. The summed E-state index contributed by atoms with van der Waals surface area (Å²) >= 11 is 6.00. The standard InChI is InChI=1S/C14H19ClN2O4S/c1-16-8-10-5-6-17(9-10)22(19,20)11-3-4-12(13(15)7-11)14(18)21-2/h3-4,7,10,16H,5-6,8-9H2,1-2H3. The van der Waals surface area contributed by atoms with E-state index >= 15 is 0 Å². The zero-order valence-electron chi connectivity index (χ0n) is 12.5. The highest BCUT2D eigenvalue weighted by molar-refractivity contribution is 7.89. The number of hydrogen-bond donors (Lipinski definition) is 1. The van der Waals surface area contributed by atoms with Gasteiger partial charge in [-0.2, -0.15) is 4.31 Å². The fraction of sp³-hybridized carbons (Fsp3) is 0.500. The van der Waals surface area contributed by atoms with Crippen molar-refractivity contribution in [2.75, 3.05) is 33.8 Å². The van der Waals surface area contributed by atoms with E-state index in [-0.39, 0.29) is 15.5 Å². The van der Waals surface area contributed by atoms with Gasteiger partial charge in [0, 0.05) is 13.1 Å². The second-order valence-corrected chi connectivity index (χ2v) is 7.55. The van der Waals surface area contributed by atoms with Crippen molar-refractivity contribution in [2.24, 2.45) is 5.92 Å². The lowest BCUT2D eigenvalue weighted by atomic mass is 10.1. The fourth-order valence-corrected chi connectivity index (χ4v) is 4.43. The lowest BCUT2D eigenvalue weighted by Crippen LogP contribution is -2.30. The Morgan fingerprint density at radius 3 is 2.82 bits per heavy atom. The predicted molar refractivity (Wildman–Crippen MR) is 83.6 cm³/mol. The van der Waals surface area contributed by atoms with Crippen LogP contribution < -0.4 is 5.32 Å². The maximum Gasteiger partial charge on any atom is 0.339 e. The van der Waals surface area contributed by atoms with Crippen molar-refractivity contribution in [1.82, 2.24) is 9.62 Å². The summed E-state index contributed by atoms with van der Waals surface area (Å²) in [5.41, 5.74) is 0.151. The van der Waals surface area contributed by atoms with Gasteiger partial charge in [-0.05, 0) is 44.1 Å². The monoisotopic (exact) mass is 346 g/mol. The van der Waals surface area contributed by atoms with E-state index in [1.807, 2.05) is 7.05 Å². The molecule has 0 saturated carbocycles. The Hall–Kier alpha value is -1.15. The number of benzene rings is 1. The first-order chi connectivity index (χ1) is 10.4. The molecule has 0 aliphatic carbocycles. The zero-order valence-corrected chi connectivity index (χ0v) is 14.1. The number of carbonyl (C=O) groups excluding carboxylic acids is 1. The molecule has 1 aliphatic rings. The van der Waals surface area contributed by atoms with Gasteiger partial charge in [0.1, 0.15) is 0 Å². The molecule has 1 saturated heterocycles. The molecule has 8 heteroatoms. The van der Waals surface area contributed by atoms with Gasteiger partial charge in [0.15, 0.2) is 0 Å². The van der Waals surface area contributed by atoms with Gasteiger partial charge in [0.05, 0.1) is 22.6 Å². The van der Waals surface area contributed by atoms with Crippen LogP contribution in [0.5, 0.6) is 0 Å². The Labute approximate surface area is 135 Å². The van der Waals surface area contributed by atoms with E-state index in [0.29, 0.717) is 19.0 Å². The summed E-state index contributed by atoms with van der Waals surface area (Å²) in [6, 6.07) is 4.07. The summed E-state index contributed by atoms with van der Waals surface area (Å²) < 4.78 is 31.3. The highest BCUT2D eigenvalue weighted by Crippen LogP contribution is 2.27. The van der Waals surface area contributed by atoms with Gasteiger partial charge in [-0.15, -0.1) is 0 Å². The Morgan fingerprint density at radius 1 is 1.50 bits per heavy atom. The number of esters is 1. The number of methoxy groups -OCH3 is 1. The van der Waals surface area contributed by atoms with E-state index in [4.69, 9.17) is 11.6 Å². The summed E-state index contributed by atoms with van der Waals surface area (Å²) in [6.45, 7) is 1.76. The number of rotatable bonds is 5. The topological polar surface area (TPSA) is 75.7 Å². The van der Waals surface area contributed by atoms with Crippen molar-refractivity contribution < 1.29 is 17.9 Å². The summed E-state index contributed by atoms with van der Waals surface area (Å²) in [6.07, 6.45) is 0.827. The van der Waals surface area contributed by atoms with Crippen LogP contribution in [0.25, 0.3) is 0 Å². The minimum absolute atomic E-state index is 0.0684. The molecule has 1 fully saturated rings.